The number of anilines is 1. The van der Waals surface area contributed by atoms with E-state index in [0.29, 0.717) is 11.4 Å². The lowest BCUT2D eigenvalue weighted by atomic mass is 10.2. The number of nitrogens with one attached hydrogen (secondary N) is 1. The summed E-state index contributed by atoms with van der Waals surface area (Å²) in [5.41, 5.74) is 6.18. The third kappa shape index (κ3) is 4.17. The zero-order valence-electron chi connectivity index (χ0n) is 11.0. The number of hydrogen-bond donors (Lipinski definition) is 2. The van der Waals surface area contributed by atoms with Crippen molar-refractivity contribution in [3.8, 4) is 0 Å². The number of nitrogens with two attached hydrogens (primary N) is 1. The summed E-state index contributed by atoms with van der Waals surface area (Å²) >= 11 is 5.77. The molecule has 0 atom stereocenters. The molecule has 0 unspecified atom stereocenters. The molecule has 4 nitrogen and oxygen atoms in total. The maximum Gasteiger partial charge on any atom is 0.240 e. The topological polar surface area (TPSA) is 72.2 Å². The van der Waals surface area contributed by atoms with Crippen LogP contribution in [-0.4, -0.2) is 15.0 Å². The van der Waals surface area contributed by atoms with Gasteiger partial charge in [0, 0.05) is 11.6 Å². The predicted molar refractivity (Wildman–Crippen MR) is 81.2 cm³/mol. The van der Waals surface area contributed by atoms with Crippen molar-refractivity contribution in [1.82, 2.24) is 4.72 Å². The Labute approximate surface area is 127 Å². The molecule has 0 spiro atoms. The minimum Gasteiger partial charge on any atom is -0.396 e. The molecule has 0 fully saturated rings. The zero-order chi connectivity index (χ0) is 15.5. The monoisotopic (exact) mass is 328 g/mol. The van der Waals surface area contributed by atoms with Gasteiger partial charge < -0.3 is 5.73 Å². The van der Waals surface area contributed by atoms with E-state index in [-0.39, 0.29) is 17.1 Å². The van der Waals surface area contributed by atoms with Gasteiger partial charge in [0.05, 0.1) is 10.6 Å². The second-order valence-corrected chi connectivity index (χ2v) is 6.66. The van der Waals surface area contributed by atoms with E-state index < -0.39 is 15.8 Å². The van der Waals surface area contributed by atoms with Gasteiger partial charge in [0.15, 0.2) is 0 Å². The summed E-state index contributed by atoms with van der Waals surface area (Å²) in [4.78, 5) is -0.148. The first kappa shape index (κ1) is 15.8. The summed E-state index contributed by atoms with van der Waals surface area (Å²) in [5.74, 6) is -0.754. The lowest BCUT2D eigenvalue weighted by molar-refractivity contribution is 0.578. The van der Waals surface area contributed by atoms with E-state index in [1.165, 1.54) is 12.1 Å². The lowest BCUT2D eigenvalue weighted by Crippen LogP contribution is -2.26. The molecule has 2 aromatic rings. The van der Waals surface area contributed by atoms with Crippen molar-refractivity contribution in [3.05, 3.63) is 58.9 Å². The summed E-state index contributed by atoms with van der Waals surface area (Å²) in [6.45, 7) is 0.204. The van der Waals surface area contributed by atoms with E-state index >= 15 is 0 Å². The second-order valence-electron chi connectivity index (χ2n) is 4.46. The van der Waals surface area contributed by atoms with Gasteiger partial charge >= 0.3 is 0 Å². The van der Waals surface area contributed by atoms with Crippen LogP contribution in [0.2, 0.25) is 5.02 Å². The molecule has 0 amide bonds. The first-order valence-corrected chi connectivity index (χ1v) is 8.04. The van der Waals surface area contributed by atoms with Crippen molar-refractivity contribution < 1.29 is 12.8 Å². The quantitative estimate of drug-likeness (QED) is 0.829. The number of hydrogen-bond acceptors (Lipinski definition) is 3. The van der Waals surface area contributed by atoms with Gasteiger partial charge in [0.25, 0.3) is 0 Å². The molecule has 21 heavy (non-hydrogen) atoms. The number of sulfonamides is 1. The summed E-state index contributed by atoms with van der Waals surface area (Å²) in [7, 11) is -3.75. The van der Waals surface area contributed by atoms with Crippen LogP contribution in [0.3, 0.4) is 0 Å². The number of halogens is 2. The molecule has 2 aromatic carbocycles. The molecular weight excluding hydrogens is 315 g/mol. The average Bonchev–Trinajstić information content (AvgIpc) is 2.44. The van der Waals surface area contributed by atoms with Crippen LogP contribution in [0, 0.1) is 5.82 Å². The van der Waals surface area contributed by atoms with E-state index in [2.05, 4.69) is 4.72 Å². The van der Waals surface area contributed by atoms with Crippen molar-refractivity contribution >= 4 is 27.3 Å². The molecule has 0 aliphatic rings. The Morgan fingerprint density at radius 2 is 1.81 bits per heavy atom. The van der Waals surface area contributed by atoms with Crippen LogP contribution in [0.5, 0.6) is 0 Å². The molecular formula is C14H14ClFN2O2S. The highest BCUT2D eigenvalue weighted by atomic mass is 35.5. The highest BCUT2D eigenvalue weighted by molar-refractivity contribution is 7.89. The SMILES string of the molecule is Nc1ccc(S(=O)(=O)NCCc2ccc(Cl)cc2)cc1F. The van der Waals surface area contributed by atoms with Crippen molar-refractivity contribution in [2.24, 2.45) is 0 Å². The molecule has 0 saturated carbocycles. The highest BCUT2D eigenvalue weighted by Gasteiger charge is 2.15. The minimum absolute atomic E-state index is 0.0879. The summed E-state index contributed by atoms with van der Waals surface area (Å²) in [6.07, 6.45) is 0.508. The van der Waals surface area contributed by atoms with E-state index in [9.17, 15) is 12.8 Å². The van der Waals surface area contributed by atoms with Gasteiger partial charge in [-0.3, -0.25) is 0 Å². The van der Waals surface area contributed by atoms with Crippen LogP contribution < -0.4 is 10.5 Å². The third-order valence-electron chi connectivity index (χ3n) is 2.90. The fraction of sp³-hybridized carbons (Fsp3) is 0.143. The van der Waals surface area contributed by atoms with Gasteiger partial charge in [-0.25, -0.2) is 17.5 Å². The Morgan fingerprint density at radius 3 is 2.43 bits per heavy atom. The molecule has 0 aliphatic heterocycles. The van der Waals surface area contributed by atoms with E-state index in [1.54, 1.807) is 12.1 Å². The molecule has 0 heterocycles. The predicted octanol–water partition coefficient (Wildman–Crippen LogP) is 2.58. The fourth-order valence-corrected chi connectivity index (χ4v) is 2.91. The van der Waals surface area contributed by atoms with Gasteiger partial charge in [0.2, 0.25) is 10.0 Å². The molecule has 0 bridgehead atoms. The van der Waals surface area contributed by atoms with Crippen molar-refractivity contribution in [2.75, 3.05) is 12.3 Å². The Balaban J connectivity index is 2.01. The van der Waals surface area contributed by atoms with Crippen LogP contribution >= 0.6 is 11.6 Å². The summed E-state index contributed by atoms with van der Waals surface area (Å²) < 4.78 is 39.7. The maximum absolute atomic E-state index is 13.3. The van der Waals surface area contributed by atoms with Crippen molar-refractivity contribution in [3.63, 3.8) is 0 Å². The largest absolute Gasteiger partial charge is 0.396 e. The smallest absolute Gasteiger partial charge is 0.240 e. The molecule has 7 heteroatoms. The first-order valence-electron chi connectivity index (χ1n) is 6.17. The standard InChI is InChI=1S/C14H14ClFN2O2S/c15-11-3-1-10(2-4-11)7-8-18-21(19,20)12-5-6-14(17)13(16)9-12/h1-6,9,18H,7-8,17H2. The average molecular weight is 329 g/mol. The molecule has 0 radical (unpaired) electrons. The van der Waals surface area contributed by atoms with E-state index in [1.807, 2.05) is 12.1 Å². The van der Waals surface area contributed by atoms with Crippen LogP contribution in [0.4, 0.5) is 10.1 Å². The molecule has 2 rings (SSSR count). The Hall–Kier alpha value is -1.63. The zero-order valence-corrected chi connectivity index (χ0v) is 12.6. The molecule has 0 saturated heterocycles. The summed E-state index contributed by atoms with van der Waals surface area (Å²) in [5, 5.41) is 0.622. The van der Waals surface area contributed by atoms with E-state index in [0.717, 1.165) is 11.6 Å². The van der Waals surface area contributed by atoms with Crippen LogP contribution in [0.15, 0.2) is 47.4 Å². The summed E-state index contributed by atoms with van der Waals surface area (Å²) in [6, 6.07) is 10.5. The van der Waals surface area contributed by atoms with Gasteiger partial charge in [0.1, 0.15) is 5.82 Å². The number of nitrogen functional groups attached to an aromatic ring is 1. The fourth-order valence-electron chi connectivity index (χ4n) is 1.74. The Morgan fingerprint density at radius 1 is 1.14 bits per heavy atom. The highest BCUT2D eigenvalue weighted by Crippen LogP contribution is 2.16. The van der Waals surface area contributed by atoms with Crippen molar-refractivity contribution in [2.45, 2.75) is 11.3 Å². The number of benzene rings is 2. The normalized spacial score (nSPS) is 11.5. The van der Waals surface area contributed by atoms with Crippen LogP contribution in [0.25, 0.3) is 0 Å². The Kier molecular flexibility index (Phi) is 4.82. The van der Waals surface area contributed by atoms with E-state index in [4.69, 9.17) is 17.3 Å². The maximum atomic E-state index is 13.3. The Bertz CT molecular complexity index is 733. The third-order valence-corrected chi connectivity index (χ3v) is 4.61. The van der Waals surface area contributed by atoms with Gasteiger partial charge in [-0.15, -0.1) is 0 Å². The molecule has 0 aliphatic carbocycles. The van der Waals surface area contributed by atoms with Crippen LogP contribution in [-0.2, 0) is 16.4 Å². The minimum atomic E-state index is -3.75. The van der Waals surface area contributed by atoms with Gasteiger partial charge in [-0.2, -0.15) is 0 Å². The number of rotatable bonds is 5. The lowest BCUT2D eigenvalue weighted by Gasteiger charge is -2.08. The second kappa shape index (κ2) is 6.43. The van der Waals surface area contributed by atoms with Crippen LogP contribution in [0.1, 0.15) is 5.56 Å². The molecule has 112 valence electrons. The first-order chi connectivity index (χ1) is 9.88. The molecule has 0 aromatic heterocycles. The van der Waals surface area contributed by atoms with Gasteiger partial charge in [-0.1, -0.05) is 23.7 Å². The van der Waals surface area contributed by atoms with Gasteiger partial charge in [-0.05, 0) is 42.3 Å². The van der Waals surface area contributed by atoms with Crippen molar-refractivity contribution in [1.29, 1.82) is 0 Å². The molecule has 3 N–H and O–H groups in total.